The Kier molecular flexibility index (Phi) is 4.55. The summed E-state index contributed by atoms with van der Waals surface area (Å²) in [6, 6.07) is 17.2. The summed E-state index contributed by atoms with van der Waals surface area (Å²) in [4.78, 5) is 19.4. The summed E-state index contributed by atoms with van der Waals surface area (Å²) in [5.41, 5.74) is 6.51. The number of carbonyl (C=O) groups is 1. The van der Waals surface area contributed by atoms with Gasteiger partial charge in [0.1, 0.15) is 17.1 Å². The standard InChI is InChI=1S/C25H22N4O2/c1-15-5-8-18(9-6-15)24-21-22(19-10-7-16(2)12-20(19)30)27-28-23(21)25(31)29(24)14-17-4-3-11-26-13-17/h3-13,24,30H,14H2,1-2H3,(H,27,28). The van der Waals surface area contributed by atoms with Crippen molar-refractivity contribution in [3.8, 4) is 17.0 Å². The Balaban J connectivity index is 1.67. The van der Waals surface area contributed by atoms with Gasteiger partial charge in [0.2, 0.25) is 0 Å². The van der Waals surface area contributed by atoms with Gasteiger partial charge < -0.3 is 10.0 Å². The zero-order valence-electron chi connectivity index (χ0n) is 17.3. The van der Waals surface area contributed by atoms with E-state index in [2.05, 4.69) is 15.2 Å². The SMILES string of the molecule is Cc1ccc(C2c3c(-c4ccc(C)cc4O)n[nH]c3C(=O)N2Cc2cccnc2)cc1. The molecular weight excluding hydrogens is 388 g/mol. The maximum Gasteiger partial charge on any atom is 0.273 e. The summed E-state index contributed by atoms with van der Waals surface area (Å²) < 4.78 is 0. The van der Waals surface area contributed by atoms with E-state index in [0.717, 1.165) is 27.8 Å². The number of aromatic nitrogens is 3. The number of benzene rings is 2. The van der Waals surface area contributed by atoms with Crippen molar-refractivity contribution < 1.29 is 9.90 Å². The topological polar surface area (TPSA) is 82.1 Å². The van der Waals surface area contributed by atoms with Crippen LogP contribution in [-0.2, 0) is 6.54 Å². The number of hydrogen-bond acceptors (Lipinski definition) is 4. The number of aromatic hydroxyl groups is 1. The van der Waals surface area contributed by atoms with Gasteiger partial charge in [0, 0.05) is 30.1 Å². The van der Waals surface area contributed by atoms with Crippen LogP contribution in [0.3, 0.4) is 0 Å². The van der Waals surface area contributed by atoms with E-state index in [0.29, 0.717) is 23.5 Å². The first-order valence-corrected chi connectivity index (χ1v) is 10.2. The van der Waals surface area contributed by atoms with Crippen LogP contribution in [-0.4, -0.2) is 31.1 Å². The highest BCUT2D eigenvalue weighted by Crippen LogP contribution is 2.45. The molecule has 6 nitrogen and oxygen atoms in total. The van der Waals surface area contributed by atoms with Crippen molar-refractivity contribution in [2.75, 3.05) is 0 Å². The second kappa shape index (κ2) is 7.40. The summed E-state index contributed by atoms with van der Waals surface area (Å²) >= 11 is 0. The monoisotopic (exact) mass is 410 g/mol. The third kappa shape index (κ3) is 3.26. The minimum absolute atomic E-state index is 0.116. The molecule has 1 atom stereocenters. The molecule has 31 heavy (non-hydrogen) atoms. The van der Waals surface area contributed by atoms with Crippen LogP contribution in [0.25, 0.3) is 11.3 Å². The molecule has 5 rings (SSSR count). The lowest BCUT2D eigenvalue weighted by Crippen LogP contribution is -2.29. The highest BCUT2D eigenvalue weighted by Gasteiger charge is 2.42. The number of fused-ring (bicyclic) bond motifs is 1. The minimum Gasteiger partial charge on any atom is -0.507 e. The molecule has 0 bridgehead atoms. The predicted molar refractivity (Wildman–Crippen MR) is 118 cm³/mol. The smallest absolute Gasteiger partial charge is 0.273 e. The quantitative estimate of drug-likeness (QED) is 0.517. The first-order chi connectivity index (χ1) is 15.0. The molecule has 2 aromatic heterocycles. The van der Waals surface area contributed by atoms with E-state index in [1.54, 1.807) is 18.5 Å². The molecule has 1 aliphatic heterocycles. The Labute approximate surface area is 180 Å². The van der Waals surface area contributed by atoms with Crippen LogP contribution in [0.15, 0.2) is 67.0 Å². The Morgan fingerprint density at radius 1 is 1.06 bits per heavy atom. The number of amides is 1. The maximum atomic E-state index is 13.4. The summed E-state index contributed by atoms with van der Waals surface area (Å²) in [5, 5.41) is 18.0. The van der Waals surface area contributed by atoms with Gasteiger partial charge in [-0.15, -0.1) is 0 Å². The Morgan fingerprint density at radius 2 is 1.84 bits per heavy atom. The van der Waals surface area contributed by atoms with Crippen molar-refractivity contribution in [3.63, 3.8) is 0 Å². The third-order valence-electron chi connectivity index (χ3n) is 5.74. The van der Waals surface area contributed by atoms with Crippen LogP contribution in [0.4, 0.5) is 0 Å². The van der Waals surface area contributed by atoms with Crippen molar-refractivity contribution in [2.45, 2.75) is 26.4 Å². The summed E-state index contributed by atoms with van der Waals surface area (Å²) in [5.74, 6) is 0.0323. The van der Waals surface area contributed by atoms with Gasteiger partial charge in [-0.25, -0.2) is 0 Å². The number of nitrogens with zero attached hydrogens (tertiary/aromatic N) is 3. The van der Waals surface area contributed by atoms with Gasteiger partial charge in [0.25, 0.3) is 5.91 Å². The van der Waals surface area contributed by atoms with Crippen LogP contribution in [0.1, 0.15) is 44.3 Å². The van der Waals surface area contributed by atoms with Gasteiger partial charge in [-0.3, -0.25) is 14.9 Å². The first kappa shape index (κ1) is 19.1. The number of aryl methyl sites for hydroxylation is 2. The van der Waals surface area contributed by atoms with E-state index in [1.807, 2.05) is 67.3 Å². The number of nitrogens with one attached hydrogen (secondary N) is 1. The third-order valence-corrected chi connectivity index (χ3v) is 5.74. The molecule has 2 N–H and O–H groups in total. The normalized spacial score (nSPS) is 15.4. The fraction of sp³-hybridized carbons (Fsp3) is 0.160. The van der Waals surface area contributed by atoms with Crippen LogP contribution < -0.4 is 0 Å². The molecule has 6 heteroatoms. The van der Waals surface area contributed by atoms with E-state index in [1.165, 1.54) is 0 Å². The minimum atomic E-state index is -0.322. The zero-order chi connectivity index (χ0) is 21.5. The van der Waals surface area contributed by atoms with Gasteiger partial charge >= 0.3 is 0 Å². The number of hydrogen-bond donors (Lipinski definition) is 2. The molecular formula is C25H22N4O2. The van der Waals surface area contributed by atoms with Crippen LogP contribution in [0.5, 0.6) is 5.75 Å². The molecule has 154 valence electrons. The maximum absolute atomic E-state index is 13.4. The molecule has 0 radical (unpaired) electrons. The lowest BCUT2D eigenvalue weighted by Gasteiger charge is -2.26. The molecule has 0 fully saturated rings. The number of carbonyl (C=O) groups excluding carboxylic acids is 1. The molecule has 0 saturated heterocycles. The second-order valence-electron chi connectivity index (χ2n) is 7.99. The number of aromatic amines is 1. The molecule has 0 spiro atoms. The number of rotatable bonds is 4. The van der Waals surface area contributed by atoms with Crippen molar-refractivity contribution in [3.05, 3.63) is 101 Å². The molecule has 1 unspecified atom stereocenters. The Hall–Kier alpha value is -3.93. The fourth-order valence-electron chi connectivity index (χ4n) is 4.19. The molecule has 4 aromatic rings. The summed E-state index contributed by atoms with van der Waals surface area (Å²) in [6.45, 7) is 4.38. The molecule has 3 heterocycles. The fourth-order valence-corrected chi connectivity index (χ4v) is 4.19. The van der Waals surface area contributed by atoms with E-state index in [4.69, 9.17) is 0 Å². The Bertz CT molecular complexity index is 1260. The van der Waals surface area contributed by atoms with Crippen LogP contribution in [0, 0.1) is 13.8 Å². The number of phenols is 1. The van der Waals surface area contributed by atoms with Gasteiger partial charge in [-0.1, -0.05) is 42.0 Å². The molecule has 0 saturated carbocycles. The molecule has 2 aromatic carbocycles. The van der Waals surface area contributed by atoms with E-state index in [9.17, 15) is 9.90 Å². The van der Waals surface area contributed by atoms with Crippen molar-refractivity contribution in [2.24, 2.45) is 0 Å². The summed E-state index contributed by atoms with van der Waals surface area (Å²) in [6.07, 6.45) is 3.49. The zero-order valence-corrected chi connectivity index (χ0v) is 17.3. The number of H-pyrrole nitrogens is 1. The van der Waals surface area contributed by atoms with Gasteiger partial charge in [-0.05, 0) is 48.7 Å². The highest BCUT2D eigenvalue weighted by molar-refractivity contribution is 6.00. The van der Waals surface area contributed by atoms with Crippen molar-refractivity contribution in [1.82, 2.24) is 20.1 Å². The van der Waals surface area contributed by atoms with Gasteiger partial charge in [0.05, 0.1) is 6.04 Å². The van der Waals surface area contributed by atoms with Crippen LogP contribution in [0.2, 0.25) is 0 Å². The molecule has 1 aliphatic rings. The molecule has 1 amide bonds. The molecule has 0 aliphatic carbocycles. The Morgan fingerprint density at radius 3 is 2.55 bits per heavy atom. The highest BCUT2D eigenvalue weighted by atomic mass is 16.3. The lowest BCUT2D eigenvalue weighted by molar-refractivity contribution is 0.0730. The first-order valence-electron chi connectivity index (χ1n) is 10.2. The number of pyridine rings is 1. The summed E-state index contributed by atoms with van der Waals surface area (Å²) in [7, 11) is 0. The van der Waals surface area contributed by atoms with Gasteiger partial charge in [0.15, 0.2) is 0 Å². The van der Waals surface area contributed by atoms with E-state index in [-0.39, 0.29) is 17.7 Å². The largest absolute Gasteiger partial charge is 0.507 e. The van der Waals surface area contributed by atoms with E-state index < -0.39 is 0 Å². The average Bonchev–Trinajstić information content (AvgIpc) is 3.29. The van der Waals surface area contributed by atoms with Crippen molar-refractivity contribution in [1.29, 1.82) is 0 Å². The lowest BCUT2D eigenvalue weighted by atomic mass is 9.94. The van der Waals surface area contributed by atoms with Crippen molar-refractivity contribution >= 4 is 5.91 Å². The second-order valence-corrected chi connectivity index (χ2v) is 7.99. The van der Waals surface area contributed by atoms with E-state index >= 15 is 0 Å². The predicted octanol–water partition coefficient (Wildman–Crippen LogP) is 4.54. The average molecular weight is 410 g/mol. The number of phenolic OH excluding ortho intramolecular Hbond substituents is 1. The van der Waals surface area contributed by atoms with Gasteiger partial charge in [-0.2, -0.15) is 5.10 Å². The van der Waals surface area contributed by atoms with Crippen LogP contribution >= 0.6 is 0 Å².